The highest BCUT2D eigenvalue weighted by atomic mass is 32.1. The fourth-order valence-electron chi connectivity index (χ4n) is 3.68. The molecule has 0 aliphatic carbocycles. The van der Waals surface area contributed by atoms with Gasteiger partial charge in [-0.3, -0.25) is 9.20 Å². The second kappa shape index (κ2) is 7.20. The Morgan fingerprint density at radius 2 is 2.07 bits per heavy atom. The second-order valence-electron chi connectivity index (χ2n) is 7.01. The Balaban J connectivity index is 1.26. The quantitative estimate of drug-likeness (QED) is 0.578. The van der Waals surface area contributed by atoms with Crippen LogP contribution in [0.4, 0.5) is 5.13 Å². The summed E-state index contributed by atoms with van der Waals surface area (Å²) in [5, 5.41) is 12.3. The van der Waals surface area contributed by atoms with Gasteiger partial charge in [0.15, 0.2) is 16.6 Å². The predicted molar refractivity (Wildman–Crippen MR) is 109 cm³/mol. The van der Waals surface area contributed by atoms with E-state index in [-0.39, 0.29) is 11.8 Å². The number of pyridine rings is 1. The van der Waals surface area contributed by atoms with Gasteiger partial charge in [0.1, 0.15) is 0 Å². The molecule has 1 saturated heterocycles. The number of hydrogen-bond donors (Lipinski definition) is 1. The van der Waals surface area contributed by atoms with Crippen molar-refractivity contribution in [2.75, 3.05) is 18.0 Å². The van der Waals surface area contributed by atoms with Crippen molar-refractivity contribution in [3.8, 4) is 0 Å². The van der Waals surface area contributed by atoms with Crippen molar-refractivity contribution in [2.24, 2.45) is 5.92 Å². The molecular formula is C20H20N6OS. The zero-order valence-corrected chi connectivity index (χ0v) is 16.1. The summed E-state index contributed by atoms with van der Waals surface area (Å²) in [7, 11) is 0. The molecule has 7 nitrogen and oxygen atoms in total. The zero-order chi connectivity index (χ0) is 18.9. The molecule has 142 valence electrons. The van der Waals surface area contributed by atoms with Gasteiger partial charge in [-0.2, -0.15) is 0 Å². The number of rotatable bonds is 4. The second-order valence-corrected chi connectivity index (χ2v) is 8.02. The smallest absolute Gasteiger partial charge is 0.225 e. The predicted octanol–water partition coefficient (Wildman–Crippen LogP) is 2.87. The van der Waals surface area contributed by atoms with E-state index in [4.69, 9.17) is 4.98 Å². The average Bonchev–Trinajstić information content (AvgIpc) is 3.36. The maximum absolute atomic E-state index is 12.8. The third kappa shape index (κ3) is 3.20. The van der Waals surface area contributed by atoms with Crippen LogP contribution < -0.4 is 10.2 Å². The monoisotopic (exact) mass is 392 g/mol. The Morgan fingerprint density at radius 3 is 3.00 bits per heavy atom. The SMILES string of the molecule is O=C(NCc1nnc2ccccn12)C1CCCN(c2nc3ccccc3s2)C1. The van der Waals surface area contributed by atoms with Gasteiger partial charge in [-0.25, -0.2) is 4.98 Å². The van der Waals surface area contributed by atoms with Crippen molar-refractivity contribution in [1.82, 2.24) is 24.9 Å². The van der Waals surface area contributed by atoms with E-state index < -0.39 is 0 Å². The van der Waals surface area contributed by atoms with Crippen molar-refractivity contribution < 1.29 is 4.79 Å². The van der Waals surface area contributed by atoms with Crippen LogP contribution in [0.15, 0.2) is 48.7 Å². The summed E-state index contributed by atoms with van der Waals surface area (Å²) in [6.45, 7) is 2.02. The number of para-hydroxylation sites is 1. The van der Waals surface area contributed by atoms with Crippen molar-refractivity contribution in [3.63, 3.8) is 0 Å². The molecule has 8 heteroatoms. The minimum Gasteiger partial charge on any atom is -0.348 e. The number of anilines is 1. The number of carbonyl (C=O) groups is 1. The van der Waals surface area contributed by atoms with Gasteiger partial charge in [-0.05, 0) is 37.1 Å². The normalized spacial score (nSPS) is 17.3. The largest absolute Gasteiger partial charge is 0.348 e. The van der Waals surface area contributed by atoms with E-state index in [1.807, 2.05) is 47.0 Å². The molecule has 4 heterocycles. The molecule has 3 aromatic heterocycles. The van der Waals surface area contributed by atoms with Gasteiger partial charge in [0.25, 0.3) is 0 Å². The molecule has 1 amide bonds. The highest BCUT2D eigenvalue weighted by molar-refractivity contribution is 7.22. The molecule has 1 aliphatic rings. The van der Waals surface area contributed by atoms with Gasteiger partial charge < -0.3 is 10.2 Å². The molecule has 4 aromatic rings. The lowest BCUT2D eigenvalue weighted by Crippen LogP contribution is -2.43. The van der Waals surface area contributed by atoms with E-state index in [9.17, 15) is 4.79 Å². The van der Waals surface area contributed by atoms with Gasteiger partial charge in [0, 0.05) is 19.3 Å². The van der Waals surface area contributed by atoms with Crippen LogP contribution in [0.1, 0.15) is 18.7 Å². The summed E-state index contributed by atoms with van der Waals surface area (Å²) < 4.78 is 3.08. The molecule has 1 N–H and O–H groups in total. The van der Waals surface area contributed by atoms with E-state index in [1.54, 1.807) is 11.3 Å². The summed E-state index contributed by atoms with van der Waals surface area (Å²) in [6, 6.07) is 13.9. The maximum atomic E-state index is 12.8. The molecule has 1 aliphatic heterocycles. The standard InChI is InChI=1S/C20H20N6OS/c27-19(21-12-18-24-23-17-9-3-4-11-26(17)18)14-6-5-10-25(13-14)20-22-15-7-1-2-8-16(15)28-20/h1-4,7-9,11,14H,5-6,10,12-13H2,(H,21,27). The van der Waals surface area contributed by atoms with Crippen molar-refractivity contribution in [1.29, 1.82) is 0 Å². The number of piperidine rings is 1. The van der Waals surface area contributed by atoms with Crippen molar-refractivity contribution in [3.05, 3.63) is 54.5 Å². The number of carbonyl (C=O) groups excluding carboxylic acids is 1. The minimum atomic E-state index is -0.0417. The number of aromatic nitrogens is 4. The lowest BCUT2D eigenvalue weighted by molar-refractivity contribution is -0.125. The van der Waals surface area contributed by atoms with Gasteiger partial charge in [-0.1, -0.05) is 29.5 Å². The van der Waals surface area contributed by atoms with Gasteiger partial charge in [-0.15, -0.1) is 10.2 Å². The van der Waals surface area contributed by atoms with Crippen LogP contribution in [-0.2, 0) is 11.3 Å². The number of nitrogens with one attached hydrogen (secondary N) is 1. The van der Waals surface area contributed by atoms with Crippen molar-refractivity contribution >= 4 is 38.2 Å². The van der Waals surface area contributed by atoms with E-state index in [0.29, 0.717) is 13.1 Å². The number of benzene rings is 1. The fraction of sp³-hybridized carbons (Fsp3) is 0.300. The molecule has 0 radical (unpaired) electrons. The fourth-order valence-corrected chi connectivity index (χ4v) is 4.68. The number of fused-ring (bicyclic) bond motifs is 2. The lowest BCUT2D eigenvalue weighted by atomic mass is 9.97. The molecule has 0 bridgehead atoms. The number of thiazole rings is 1. The van der Waals surface area contributed by atoms with Crippen LogP contribution in [0.5, 0.6) is 0 Å². The van der Waals surface area contributed by atoms with Crippen LogP contribution in [0, 0.1) is 5.92 Å². The van der Waals surface area contributed by atoms with Crippen LogP contribution in [0.25, 0.3) is 15.9 Å². The summed E-state index contributed by atoms with van der Waals surface area (Å²) >= 11 is 1.69. The number of nitrogens with zero attached hydrogens (tertiary/aromatic N) is 5. The van der Waals surface area contributed by atoms with E-state index in [1.165, 1.54) is 4.70 Å². The molecule has 1 unspecified atom stereocenters. The van der Waals surface area contributed by atoms with Crippen molar-refractivity contribution in [2.45, 2.75) is 19.4 Å². The first-order chi connectivity index (χ1) is 13.8. The Kier molecular flexibility index (Phi) is 4.40. The van der Waals surface area contributed by atoms with E-state index in [2.05, 4.69) is 26.5 Å². The summed E-state index contributed by atoms with van der Waals surface area (Å²) in [5.41, 5.74) is 1.80. The zero-order valence-electron chi connectivity index (χ0n) is 15.3. The molecule has 28 heavy (non-hydrogen) atoms. The molecule has 1 atom stereocenters. The molecule has 1 aromatic carbocycles. The summed E-state index contributed by atoms with van der Waals surface area (Å²) in [5.74, 6) is 0.765. The Morgan fingerprint density at radius 1 is 1.18 bits per heavy atom. The van der Waals surface area contributed by atoms with Gasteiger partial charge in [0.05, 0.1) is 22.7 Å². The molecule has 1 fully saturated rings. The molecule has 0 spiro atoms. The molecular weight excluding hydrogens is 372 g/mol. The number of amides is 1. The first-order valence-electron chi connectivity index (χ1n) is 9.45. The van der Waals surface area contributed by atoms with Gasteiger partial charge in [0.2, 0.25) is 5.91 Å². The third-order valence-electron chi connectivity index (χ3n) is 5.15. The topological polar surface area (TPSA) is 75.4 Å². The van der Waals surface area contributed by atoms with Gasteiger partial charge >= 0.3 is 0 Å². The first-order valence-corrected chi connectivity index (χ1v) is 10.3. The van der Waals surface area contributed by atoms with Crippen LogP contribution in [0.2, 0.25) is 0 Å². The minimum absolute atomic E-state index is 0.0417. The Hall–Kier alpha value is -3.00. The highest BCUT2D eigenvalue weighted by Gasteiger charge is 2.27. The highest BCUT2D eigenvalue weighted by Crippen LogP contribution is 2.31. The molecule has 5 rings (SSSR count). The van der Waals surface area contributed by atoms with Crippen LogP contribution in [0.3, 0.4) is 0 Å². The van der Waals surface area contributed by atoms with E-state index >= 15 is 0 Å². The summed E-state index contributed by atoms with van der Waals surface area (Å²) in [4.78, 5) is 19.7. The Labute approximate surface area is 166 Å². The number of hydrogen-bond acceptors (Lipinski definition) is 6. The lowest BCUT2D eigenvalue weighted by Gasteiger charge is -2.31. The van der Waals surface area contributed by atoms with Crippen LogP contribution >= 0.6 is 11.3 Å². The first kappa shape index (κ1) is 17.1. The van der Waals surface area contributed by atoms with Crippen LogP contribution in [-0.4, -0.2) is 38.6 Å². The van der Waals surface area contributed by atoms with E-state index in [0.717, 1.165) is 41.5 Å². The summed E-state index contributed by atoms with van der Waals surface area (Å²) in [6.07, 6.45) is 3.79. The average molecular weight is 392 g/mol. The Bertz CT molecular complexity index is 1100. The third-order valence-corrected chi connectivity index (χ3v) is 6.25. The maximum Gasteiger partial charge on any atom is 0.225 e. The molecule has 0 saturated carbocycles.